The van der Waals surface area contributed by atoms with Gasteiger partial charge in [-0.1, -0.05) is 12.2 Å². The molecule has 0 amide bonds. The first-order chi connectivity index (χ1) is 2.89. The van der Waals surface area contributed by atoms with E-state index < -0.39 is 0 Å². The Hall–Kier alpha value is -0.150. The molecule has 1 heterocycles. The fraction of sp³-hybridized carbons (Fsp3) is 0.667. The van der Waals surface area contributed by atoms with E-state index in [1.54, 1.807) is 0 Å². The molecule has 2 nitrogen and oxygen atoms in total. The van der Waals surface area contributed by atoms with Crippen LogP contribution in [0.25, 0.3) is 0 Å². The molecule has 0 aliphatic carbocycles. The van der Waals surface area contributed by atoms with Crippen LogP contribution in [0.5, 0.6) is 0 Å². The summed E-state index contributed by atoms with van der Waals surface area (Å²) in [4.78, 5) is 0.815. The Kier molecular flexibility index (Phi) is 1.03. The Balaban J connectivity index is 2.37. The second kappa shape index (κ2) is 1.53. The van der Waals surface area contributed by atoms with E-state index in [0.717, 1.165) is 4.99 Å². The average molecular weight is 103 g/mol. The minimum Gasteiger partial charge on any atom is -0.355 e. The molecule has 6 heavy (non-hydrogen) atoms. The third-order valence-electron chi connectivity index (χ3n) is 0.605. The topological polar surface area (TPSA) is 21.3 Å². The van der Waals surface area contributed by atoms with E-state index in [-0.39, 0.29) is 0 Å². The minimum absolute atomic E-state index is 0.596. The third kappa shape index (κ3) is 0.666. The van der Waals surface area contributed by atoms with Gasteiger partial charge < -0.3 is 10.1 Å². The van der Waals surface area contributed by atoms with Crippen LogP contribution >= 0.6 is 12.2 Å². The van der Waals surface area contributed by atoms with Crippen LogP contribution in [0.4, 0.5) is 0 Å². The van der Waals surface area contributed by atoms with Gasteiger partial charge in [0.25, 0.3) is 0 Å². The second-order valence-corrected chi connectivity index (χ2v) is 1.59. The summed E-state index contributed by atoms with van der Waals surface area (Å²) in [5.74, 6) is 0. The summed E-state index contributed by atoms with van der Waals surface area (Å²) in [6.45, 7) is 1.20. The number of nitrogens with one attached hydrogen (secondary N) is 1. The van der Waals surface area contributed by atoms with Crippen LogP contribution in [0.3, 0.4) is 0 Å². The summed E-state index contributed by atoms with van der Waals surface area (Å²) in [5.41, 5.74) is 0. The van der Waals surface area contributed by atoms with Gasteiger partial charge in [0.05, 0.1) is 6.61 Å². The first-order valence-electron chi connectivity index (χ1n) is 1.74. The van der Waals surface area contributed by atoms with Crippen LogP contribution in [0.1, 0.15) is 0 Å². The molecule has 0 spiro atoms. The third-order valence-corrected chi connectivity index (χ3v) is 0.867. The molecule has 0 saturated carbocycles. The van der Waals surface area contributed by atoms with E-state index in [0.29, 0.717) is 13.3 Å². The monoisotopic (exact) mass is 103 g/mol. The van der Waals surface area contributed by atoms with E-state index >= 15 is 0 Å². The first-order valence-corrected chi connectivity index (χ1v) is 2.15. The predicted octanol–water partition coefficient (Wildman–Crippen LogP) is -0.109. The van der Waals surface area contributed by atoms with Crippen LogP contribution in [0.2, 0.25) is 0 Å². The maximum absolute atomic E-state index is 4.80. The molecule has 0 bridgehead atoms. The Labute approximate surface area is 41.5 Å². The summed E-state index contributed by atoms with van der Waals surface area (Å²) in [6.07, 6.45) is 0. The van der Waals surface area contributed by atoms with E-state index in [9.17, 15) is 0 Å². The maximum atomic E-state index is 4.80. The normalized spacial score (nSPS) is 21.0. The summed E-state index contributed by atoms with van der Waals surface area (Å²) >= 11 is 4.68. The fourth-order valence-electron chi connectivity index (χ4n) is 0.326. The van der Waals surface area contributed by atoms with Gasteiger partial charge in [0.15, 0.2) is 0 Å². The molecule has 1 rings (SSSR count). The zero-order valence-electron chi connectivity index (χ0n) is 3.23. The molecule has 1 aliphatic heterocycles. The van der Waals surface area contributed by atoms with Crippen molar-refractivity contribution >= 4 is 17.2 Å². The van der Waals surface area contributed by atoms with Crippen molar-refractivity contribution in [1.82, 2.24) is 5.32 Å². The number of thiocarbonyl (C=S) groups is 1. The van der Waals surface area contributed by atoms with Gasteiger partial charge in [-0.2, -0.15) is 0 Å². The predicted molar refractivity (Wildman–Crippen MR) is 26.6 cm³/mol. The van der Waals surface area contributed by atoms with Crippen molar-refractivity contribution in [2.45, 2.75) is 0 Å². The van der Waals surface area contributed by atoms with Gasteiger partial charge in [0.1, 0.15) is 11.7 Å². The fourth-order valence-corrected chi connectivity index (χ4v) is 0.469. The first kappa shape index (κ1) is 4.02. The van der Waals surface area contributed by atoms with E-state index in [1.807, 2.05) is 0 Å². The molecule has 34 valence electrons. The quantitative estimate of drug-likeness (QED) is 0.432. The van der Waals surface area contributed by atoms with Crippen molar-refractivity contribution in [2.75, 3.05) is 13.3 Å². The summed E-state index contributed by atoms with van der Waals surface area (Å²) < 4.78 is 4.80. The van der Waals surface area contributed by atoms with Crippen LogP contribution in [-0.2, 0) is 4.74 Å². The molecule has 1 fully saturated rings. The summed E-state index contributed by atoms with van der Waals surface area (Å²) in [7, 11) is 0. The molecule has 1 N–H and O–H groups in total. The maximum Gasteiger partial charge on any atom is 0.117 e. The van der Waals surface area contributed by atoms with Gasteiger partial charge in [-0.15, -0.1) is 0 Å². The highest BCUT2D eigenvalue weighted by Gasteiger charge is 2.00. The summed E-state index contributed by atoms with van der Waals surface area (Å²) in [6, 6.07) is 0. The Bertz CT molecular complexity index is 65.2. The van der Waals surface area contributed by atoms with E-state index in [2.05, 4.69) is 17.5 Å². The Morgan fingerprint density at radius 3 is 2.83 bits per heavy atom. The van der Waals surface area contributed by atoms with Gasteiger partial charge in [-0.3, -0.25) is 0 Å². The van der Waals surface area contributed by atoms with E-state index in [1.165, 1.54) is 0 Å². The molecule has 0 atom stereocenters. The molecule has 0 aromatic rings. The lowest BCUT2D eigenvalue weighted by Gasteiger charge is -1.80. The van der Waals surface area contributed by atoms with Crippen LogP contribution in [-0.4, -0.2) is 18.3 Å². The number of rotatable bonds is 0. The lowest BCUT2D eigenvalue weighted by Crippen LogP contribution is -2.12. The lowest BCUT2D eigenvalue weighted by molar-refractivity contribution is 0.200. The number of ether oxygens (including phenoxy) is 1. The average Bonchev–Trinajstić information content (AvgIpc) is 1.86. The van der Waals surface area contributed by atoms with Crippen molar-refractivity contribution < 1.29 is 4.74 Å². The van der Waals surface area contributed by atoms with Crippen LogP contribution < -0.4 is 5.32 Å². The SMILES string of the molecule is S=C1COCN1. The van der Waals surface area contributed by atoms with Gasteiger partial charge in [-0.05, 0) is 0 Å². The molecule has 0 aromatic carbocycles. The highest BCUT2D eigenvalue weighted by Crippen LogP contribution is 1.83. The molecule has 3 heteroatoms. The van der Waals surface area contributed by atoms with Crippen molar-refractivity contribution in [2.24, 2.45) is 0 Å². The molecular formula is C3H5NOS. The van der Waals surface area contributed by atoms with Crippen molar-refractivity contribution in [3.63, 3.8) is 0 Å². The second-order valence-electron chi connectivity index (χ2n) is 1.09. The minimum atomic E-state index is 0.596. The highest BCUT2D eigenvalue weighted by molar-refractivity contribution is 7.80. The van der Waals surface area contributed by atoms with Crippen LogP contribution in [0, 0.1) is 0 Å². The molecule has 0 unspecified atom stereocenters. The standard InChI is InChI=1S/C3H5NOS/c6-3-1-5-2-4-3/h1-2H2,(H,4,6). The van der Waals surface area contributed by atoms with Crippen molar-refractivity contribution in [1.29, 1.82) is 0 Å². The van der Waals surface area contributed by atoms with Crippen molar-refractivity contribution in [3.05, 3.63) is 0 Å². The Morgan fingerprint density at radius 2 is 2.67 bits per heavy atom. The molecule has 0 aromatic heterocycles. The zero-order chi connectivity index (χ0) is 4.41. The van der Waals surface area contributed by atoms with Gasteiger partial charge in [0.2, 0.25) is 0 Å². The number of hydrogen-bond donors (Lipinski definition) is 1. The lowest BCUT2D eigenvalue weighted by atomic mass is 10.7. The van der Waals surface area contributed by atoms with Gasteiger partial charge in [0, 0.05) is 0 Å². The molecule has 1 saturated heterocycles. The zero-order valence-corrected chi connectivity index (χ0v) is 4.05. The van der Waals surface area contributed by atoms with Crippen molar-refractivity contribution in [3.8, 4) is 0 Å². The van der Waals surface area contributed by atoms with Gasteiger partial charge in [-0.25, -0.2) is 0 Å². The Morgan fingerprint density at radius 1 is 1.83 bits per heavy atom. The highest BCUT2D eigenvalue weighted by atomic mass is 32.1. The van der Waals surface area contributed by atoms with Gasteiger partial charge >= 0.3 is 0 Å². The molecular weight excluding hydrogens is 98.1 g/mol. The summed E-state index contributed by atoms with van der Waals surface area (Å²) in [5, 5.41) is 2.83. The number of hydrogen-bond acceptors (Lipinski definition) is 2. The molecule has 1 aliphatic rings. The molecule has 0 radical (unpaired) electrons. The van der Waals surface area contributed by atoms with Crippen LogP contribution in [0.15, 0.2) is 0 Å². The largest absolute Gasteiger partial charge is 0.355 e. The smallest absolute Gasteiger partial charge is 0.117 e. The van der Waals surface area contributed by atoms with E-state index in [4.69, 9.17) is 4.74 Å².